The highest BCUT2D eigenvalue weighted by Gasteiger charge is 2.02. The van der Waals surface area contributed by atoms with Gasteiger partial charge in [0.1, 0.15) is 5.75 Å². The topological polar surface area (TPSA) is 33.3 Å². The molecule has 6 heteroatoms. The Morgan fingerprint density at radius 1 is 1.29 bits per heavy atom. The molecule has 0 saturated carbocycles. The average molecular weight is 386 g/mol. The Balaban J connectivity index is 1.91. The normalized spacial score (nSPS) is 10.0. The van der Waals surface area contributed by atoms with Crippen molar-refractivity contribution in [2.75, 3.05) is 12.4 Å². The Morgan fingerprint density at radius 3 is 2.81 bits per heavy atom. The second-order valence-electron chi connectivity index (χ2n) is 4.29. The zero-order valence-corrected chi connectivity index (χ0v) is 14.5. The van der Waals surface area contributed by atoms with Crippen LogP contribution in [0, 0.1) is 0 Å². The van der Waals surface area contributed by atoms with Crippen LogP contribution in [0.4, 0.5) is 5.69 Å². The van der Waals surface area contributed by atoms with Gasteiger partial charge in [-0.1, -0.05) is 23.7 Å². The van der Waals surface area contributed by atoms with Crippen molar-refractivity contribution in [1.82, 2.24) is 5.32 Å². The monoisotopic (exact) mass is 384 g/mol. The number of nitrogens with one attached hydrogen (secondary N) is 2. The maximum Gasteiger partial charge on any atom is 0.171 e. The Labute approximate surface area is 142 Å². The molecule has 0 amide bonds. The van der Waals surface area contributed by atoms with Gasteiger partial charge in [0.2, 0.25) is 0 Å². The largest absolute Gasteiger partial charge is 0.497 e. The summed E-state index contributed by atoms with van der Waals surface area (Å²) in [6.45, 7) is 0.618. The van der Waals surface area contributed by atoms with Crippen LogP contribution < -0.4 is 15.4 Å². The van der Waals surface area contributed by atoms with E-state index in [0.717, 1.165) is 21.5 Å². The first-order valence-corrected chi connectivity index (χ1v) is 7.79. The predicted octanol–water partition coefficient (Wildman–Crippen LogP) is 4.60. The van der Waals surface area contributed by atoms with Crippen molar-refractivity contribution in [2.24, 2.45) is 0 Å². The van der Waals surface area contributed by atoms with E-state index in [4.69, 9.17) is 28.6 Å². The Hall–Kier alpha value is -1.30. The third-order valence-electron chi connectivity index (χ3n) is 2.76. The third-order valence-corrected chi connectivity index (χ3v) is 4.24. The highest BCUT2D eigenvalue weighted by atomic mass is 79.9. The maximum atomic E-state index is 6.04. The van der Waals surface area contributed by atoms with E-state index in [1.54, 1.807) is 7.11 Å². The van der Waals surface area contributed by atoms with Crippen LogP contribution in [0.1, 0.15) is 5.56 Å². The minimum absolute atomic E-state index is 0.538. The minimum atomic E-state index is 0.538. The van der Waals surface area contributed by atoms with E-state index in [9.17, 15) is 0 Å². The van der Waals surface area contributed by atoms with Crippen molar-refractivity contribution in [3.05, 3.63) is 57.5 Å². The number of hydrogen-bond donors (Lipinski definition) is 2. The van der Waals surface area contributed by atoms with Gasteiger partial charge in [0.15, 0.2) is 5.11 Å². The lowest BCUT2D eigenvalue weighted by atomic mass is 10.2. The summed E-state index contributed by atoms with van der Waals surface area (Å²) in [6.07, 6.45) is 0. The molecule has 0 aliphatic heterocycles. The standard InChI is InChI=1S/C15H14BrClN2OS/c1-20-12-4-2-3-10(7-12)9-18-15(21)19-11-5-6-13(16)14(17)8-11/h2-8H,9H2,1H3,(H2,18,19,21). The molecule has 0 unspecified atom stereocenters. The molecular formula is C15H14BrClN2OS. The van der Waals surface area contributed by atoms with Crippen molar-refractivity contribution in [1.29, 1.82) is 0 Å². The zero-order chi connectivity index (χ0) is 15.2. The van der Waals surface area contributed by atoms with Gasteiger partial charge in [0, 0.05) is 16.7 Å². The summed E-state index contributed by atoms with van der Waals surface area (Å²) in [6, 6.07) is 13.4. The van der Waals surface area contributed by atoms with E-state index in [2.05, 4.69) is 26.6 Å². The molecule has 2 aromatic carbocycles. The van der Waals surface area contributed by atoms with Crippen LogP contribution in [-0.2, 0) is 6.54 Å². The molecule has 0 radical (unpaired) electrons. The van der Waals surface area contributed by atoms with E-state index in [1.165, 1.54) is 0 Å². The van der Waals surface area contributed by atoms with Gasteiger partial charge in [-0.05, 0) is 64.0 Å². The molecule has 2 aromatic rings. The summed E-state index contributed by atoms with van der Waals surface area (Å²) in [5, 5.41) is 7.41. The lowest BCUT2D eigenvalue weighted by molar-refractivity contribution is 0.414. The van der Waals surface area contributed by atoms with Crippen molar-refractivity contribution in [2.45, 2.75) is 6.54 Å². The first-order chi connectivity index (χ1) is 10.1. The minimum Gasteiger partial charge on any atom is -0.497 e. The van der Waals surface area contributed by atoms with Gasteiger partial charge >= 0.3 is 0 Å². The Kier molecular flexibility index (Phi) is 5.85. The van der Waals surface area contributed by atoms with Crippen LogP contribution in [0.3, 0.4) is 0 Å². The number of methoxy groups -OCH3 is 1. The molecular weight excluding hydrogens is 372 g/mol. The van der Waals surface area contributed by atoms with Gasteiger partial charge in [0.25, 0.3) is 0 Å². The van der Waals surface area contributed by atoms with Crippen LogP contribution in [0.2, 0.25) is 5.02 Å². The summed E-state index contributed by atoms with van der Waals surface area (Å²) in [5.41, 5.74) is 1.93. The second kappa shape index (κ2) is 7.64. The van der Waals surface area contributed by atoms with Crippen molar-refractivity contribution in [3.63, 3.8) is 0 Å². The first-order valence-electron chi connectivity index (χ1n) is 6.21. The molecule has 2 N–H and O–H groups in total. The summed E-state index contributed by atoms with van der Waals surface area (Å²) >= 11 is 14.7. The number of benzene rings is 2. The summed E-state index contributed by atoms with van der Waals surface area (Å²) in [4.78, 5) is 0. The fourth-order valence-electron chi connectivity index (χ4n) is 1.71. The number of rotatable bonds is 4. The van der Waals surface area contributed by atoms with Gasteiger partial charge in [-0.25, -0.2) is 0 Å². The van der Waals surface area contributed by atoms with Crippen molar-refractivity contribution < 1.29 is 4.74 Å². The van der Waals surface area contributed by atoms with E-state index >= 15 is 0 Å². The highest BCUT2D eigenvalue weighted by Crippen LogP contribution is 2.25. The van der Waals surface area contributed by atoms with Crippen LogP contribution in [0.25, 0.3) is 0 Å². The van der Waals surface area contributed by atoms with Crippen molar-refractivity contribution >= 4 is 50.5 Å². The molecule has 2 rings (SSSR count). The molecule has 21 heavy (non-hydrogen) atoms. The molecule has 0 atom stereocenters. The van der Waals surface area contributed by atoms with Gasteiger partial charge in [-0.3, -0.25) is 0 Å². The summed E-state index contributed by atoms with van der Waals surface area (Å²) in [5.74, 6) is 0.827. The molecule has 110 valence electrons. The molecule has 0 aliphatic carbocycles. The molecule has 0 fully saturated rings. The number of halogens is 2. The fraction of sp³-hybridized carbons (Fsp3) is 0.133. The van der Waals surface area contributed by atoms with E-state index in [-0.39, 0.29) is 0 Å². The summed E-state index contributed by atoms with van der Waals surface area (Å²) < 4.78 is 6.04. The molecule has 0 aliphatic rings. The molecule has 0 saturated heterocycles. The highest BCUT2D eigenvalue weighted by molar-refractivity contribution is 9.10. The van der Waals surface area contributed by atoms with Gasteiger partial charge in [0.05, 0.1) is 12.1 Å². The SMILES string of the molecule is COc1cccc(CNC(=S)Nc2ccc(Br)c(Cl)c2)c1. The quantitative estimate of drug-likeness (QED) is 0.754. The predicted molar refractivity (Wildman–Crippen MR) is 95.2 cm³/mol. The number of anilines is 1. The lowest BCUT2D eigenvalue weighted by Gasteiger charge is -2.11. The van der Waals surface area contributed by atoms with Crippen LogP contribution in [0.5, 0.6) is 5.75 Å². The second-order valence-corrected chi connectivity index (χ2v) is 5.96. The summed E-state index contributed by atoms with van der Waals surface area (Å²) in [7, 11) is 1.65. The average Bonchev–Trinajstić information content (AvgIpc) is 2.49. The fourth-order valence-corrected chi connectivity index (χ4v) is 2.33. The number of hydrogen-bond acceptors (Lipinski definition) is 2. The lowest BCUT2D eigenvalue weighted by Crippen LogP contribution is -2.27. The van der Waals surface area contributed by atoms with Gasteiger partial charge in [-0.2, -0.15) is 0 Å². The number of thiocarbonyl (C=S) groups is 1. The van der Waals surface area contributed by atoms with E-state index in [0.29, 0.717) is 16.7 Å². The molecule has 0 spiro atoms. The Bertz CT molecular complexity index is 651. The van der Waals surface area contributed by atoms with Gasteiger partial charge < -0.3 is 15.4 Å². The molecule has 0 heterocycles. The van der Waals surface area contributed by atoms with E-state index < -0.39 is 0 Å². The zero-order valence-electron chi connectivity index (χ0n) is 11.3. The third kappa shape index (κ3) is 4.88. The first kappa shape index (κ1) is 16.1. The number of ether oxygens (including phenoxy) is 1. The van der Waals surface area contributed by atoms with Crippen LogP contribution >= 0.6 is 39.7 Å². The smallest absolute Gasteiger partial charge is 0.171 e. The molecule has 0 bridgehead atoms. The van der Waals surface area contributed by atoms with Crippen molar-refractivity contribution in [3.8, 4) is 5.75 Å². The van der Waals surface area contributed by atoms with E-state index in [1.807, 2.05) is 42.5 Å². The van der Waals surface area contributed by atoms with Crippen LogP contribution in [0.15, 0.2) is 46.9 Å². The van der Waals surface area contributed by atoms with Gasteiger partial charge in [-0.15, -0.1) is 0 Å². The molecule has 0 aromatic heterocycles. The maximum absolute atomic E-state index is 6.04. The Morgan fingerprint density at radius 2 is 2.10 bits per heavy atom. The van der Waals surface area contributed by atoms with Crippen LogP contribution in [-0.4, -0.2) is 12.2 Å². The molecule has 3 nitrogen and oxygen atoms in total.